The Bertz CT molecular complexity index is 391. The highest BCUT2D eigenvalue weighted by Crippen LogP contribution is 2.18. The molecule has 0 radical (unpaired) electrons. The van der Waals surface area contributed by atoms with Gasteiger partial charge in [0.25, 0.3) is 0 Å². The van der Waals surface area contributed by atoms with Crippen LogP contribution in [-0.4, -0.2) is 0 Å². The van der Waals surface area contributed by atoms with Crippen molar-refractivity contribution in [1.82, 2.24) is 0 Å². The van der Waals surface area contributed by atoms with Gasteiger partial charge in [-0.05, 0) is 37.0 Å². The second-order valence-electron chi connectivity index (χ2n) is 3.68. The Hall–Kier alpha value is -1.56. The van der Waals surface area contributed by atoms with Gasteiger partial charge in [-0.15, -0.1) is 0 Å². The molecule has 0 spiro atoms. The maximum atomic E-state index is 2.26. The predicted octanol–water partition coefficient (Wildman–Crippen LogP) is 5.00. The third-order valence-corrected chi connectivity index (χ3v) is 2.55. The molecule has 0 unspecified atom stereocenters. The van der Waals surface area contributed by atoms with Crippen LogP contribution in [0.5, 0.6) is 0 Å². The summed E-state index contributed by atoms with van der Waals surface area (Å²) in [5.41, 5.74) is 3.93. The van der Waals surface area contributed by atoms with Crippen LogP contribution in [0.25, 0.3) is 5.57 Å². The van der Waals surface area contributed by atoms with E-state index in [1.165, 1.54) is 16.7 Å². The van der Waals surface area contributed by atoms with Gasteiger partial charge < -0.3 is 0 Å². The molecule has 0 heterocycles. The van der Waals surface area contributed by atoms with Crippen LogP contribution >= 0.6 is 0 Å². The first-order valence-electron chi connectivity index (χ1n) is 5.86. The standard InChI is InChI=1S/C16H20/c1-4-10-14(5-2)13-15(6-3)16-11-8-7-9-12-16/h4,6-13H,5H2,1-3H3/b10-4+,14-13-,15-6+. The van der Waals surface area contributed by atoms with E-state index in [9.17, 15) is 0 Å². The van der Waals surface area contributed by atoms with Crippen LogP contribution in [0.3, 0.4) is 0 Å². The van der Waals surface area contributed by atoms with Crippen LogP contribution in [0.2, 0.25) is 0 Å². The Balaban J connectivity index is 3.01. The average molecular weight is 212 g/mol. The molecule has 16 heavy (non-hydrogen) atoms. The van der Waals surface area contributed by atoms with E-state index in [2.05, 4.69) is 69.3 Å². The second-order valence-corrected chi connectivity index (χ2v) is 3.68. The van der Waals surface area contributed by atoms with Crippen molar-refractivity contribution in [3.63, 3.8) is 0 Å². The van der Waals surface area contributed by atoms with Gasteiger partial charge in [0.15, 0.2) is 0 Å². The van der Waals surface area contributed by atoms with E-state index in [1.807, 2.05) is 6.07 Å². The zero-order valence-electron chi connectivity index (χ0n) is 10.4. The van der Waals surface area contributed by atoms with Gasteiger partial charge in [-0.3, -0.25) is 0 Å². The molecule has 0 heteroatoms. The lowest BCUT2D eigenvalue weighted by Crippen LogP contribution is -1.82. The molecule has 0 atom stereocenters. The SMILES string of the molecule is C/C=C/C(=C\C(=C/C)c1ccccc1)CC. The summed E-state index contributed by atoms with van der Waals surface area (Å²) >= 11 is 0. The van der Waals surface area contributed by atoms with Gasteiger partial charge in [-0.2, -0.15) is 0 Å². The smallest absolute Gasteiger partial charge is 0.0187 e. The highest BCUT2D eigenvalue weighted by molar-refractivity contribution is 5.74. The van der Waals surface area contributed by atoms with Crippen LogP contribution in [0.1, 0.15) is 32.8 Å². The third kappa shape index (κ3) is 3.54. The topological polar surface area (TPSA) is 0 Å². The molecule has 1 aromatic rings. The number of hydrogen-bond acceptors (Lipinski definition) is 0. The van der Waals surface area contributed by atoms with Gasteiger partial charge in [0.1, 0.15) is 0 Å². The molecule has 84 valence electrons. The fourth-order valence-corrected chi connectivity index (χ4v) is 1.65. The summed E-state index contributed by atoms with van der Waals surface area (Å²) in [7, 11) is 0. The van der Waals surface area contributed by atoms with Crippen LogP contribution in [0.15, 0.2) is 60.2 Å². The molecule has 0 aliphatic carbocycles. The highest BCUT2D eigenvalue weighted by Gasteiger charge is 1.97. The van der Waals surface area contributed by atoms with Crippen molar-refractivity contribution in [3.8, 4) is 0 Å². The summed E-state index contributed by atoms with van der Waals surface area (Å²) in [5, 5.41) is 0. The van der Waals surface area contributed by atoms with Gasteiger partial charge in [-0.25, -0.2) is 0 Å². The van der Waals surface area contributed by atoms with Crippen LogP contribution in [0, 0.1) is 0 Å². The Kier molecular flexibility index (Phi) is 5.35. The molecule has 0 aliphatic heterocycles. The first-order valence-corrected chi connectivity index (χ1v) is 5.86. The second kappa shape index (κ2) is 6.84. The fraction of sp³-hybridized carbons (Fsp3) is 0.250. The predicted molar refractivity (Wildman–Crippen MR) is 73.3 cm³/mol. The minimum atomic E-state index is 1.06. The van der Waals surface area contributed by atoms with E-state index in [0.717, 1.165) is 6.42 Å². The number of hydrogen-bond donors (Lipinski definition) is 0. The van der Waals surface area contributed by atoms with Crippen molar-refractivity contribution in [1.29, 1.82) is 0 Å². The summed E-state index contributed by atoms with van der Waals surface area (Å²) in [6.07, 6.45) is 9.75. The summed E-state index contributed by atoms with van der Waals surface area (Å²) < 4.78 is 0. The number of benzene rings is 1. The van der Waals surface area contributed by atoms with Crippen molar-refractivity contribution >= 4 is 5.57 Å². The van der Waals surface area contributed by atoms with Crippen molar-refractivity contribution in [2.75, 3.05) is 0 Å². The first kappa shape index (κ1) is 12.5. The van der Waals surface area contributed by atoms with E-state index < -0.39 is 0 Å². The first-order chi connectivity index (χ1) is 7.81. The molecule has 0 bridgehead atoms. The summed E-state index contributed by atoms with van der Waals surface area (Å²) in [6, 6.07) is 10.5. The molecule has 0 aromatic heterocycles. The summed E-state index contributed by atoms with van der Waals surface area (Å²) in [6.45, 7) is 6.33. The molecule has 0 fully saturated rings. The lowest BCUT2D eigenvalue weighted by atomic mass is 10.0. The zero-order chi connectivity index (χ0) is 11.8. The van der Waals surface area contributed by atoms with E-state index in [0.29, 0.717) is 0 Å². The lowest BCUT2D eigenvalue weighted by Gasteiger charge is -2.04. The lowest BCUT2D eigenvalue weighted by molar-refractivity contribution is 1.15. The molecule has 0 saturated heterocycles. The molecule has 0 saturated carbocycles. The van der Waals surface area contributed by atoms with Crippen molar-refractivity contribution in [2.45, 2.75) is 27.2 Å². The quantitative estimate of drug-likeness (QED) is 0.616. The van der Waals surface area contributed by atoms with Crippen molar-refractivity contribution < 1.29 is 0 Å². The maximum Gasteiger partial charge on any atom is -0.0187 e. The van der Waals surface area contributed by atoms with Gasteiger partial charge >= 0.3 is 0 Å². The molecule has 0 amide bonds. The Morgan fingerprint density at radius 3 is 2.31 bits per heavy atom. The molecular formula is C16H20. The minimum absolute atomic E-state index is 1.06. The van der Waals surface area contributed by atoms with E-state index in [4.69, 9.17) is 0 Å². The molecule has 1 aromatic carbocycles. The van der Waals surface area contributed by atoms with Crippen LogP contribution in [-0.2, 0) is 0 Å². The molecule has 1 rings (SSSR count). The Labute approximate surface area is 99.0 Å². The average Bonchev–Trinajstić information content (AvgIpc) is 2.35. The van der Waals surface area contributed by atoms with Gasteiger partial charge in [0, 0.05) is 0 Å². The third-order valence-electron chi connectivity index (χ3n) is 2.55. The van der Waals surface area contributed by atoms with Gasteiger partial charge in [0.2, 0.25) is 0 Å². The van der Waals surface area contributed by atoms with Crippen LogP contribution < -0.4 is 0 Å². The maximum absolute atomic E-state index is 2.26. The van der Waals surface area contributed by atoms with Crippen molar-refractivity contribution in [3.05, 3.63) is 65.8 Å². The summed E-state index contributed by atoms with van der Waals surface area (Å²) in [4.78, 5) is 0. The monoisotopic (exact) mass is 212 g/mol. The Morgan fingerprint density at radius 1 is 1.12 bits per heavy atom. The molecule has 0 N–H and O–H groups in total. The normalized spacial score (nSPS) is 13.4. The summed E-state index contributed by atoms with van der Waals surface area (Å²) in [5.74, 6) is 0. The minimum Gasteiger partial charge on any atom is -0.0874 e. The molecule has 0 nitrogen and oxygen atoms in total. The number of allylic oxidation sites excluding steroid dienone is 6. The van der Waals surface area contributed by atoms with E-state index >= 15 is 0 Å². The molecule has 0 aliphatic rings. The van der Waals surface area contributed by atoms with Gasteiger partial charge in [0.05, 0.1) is 0 Å². The number of rotatable bonds is 4. The fourth-order valence-electron chi connectivity index (χ4n) is 1.65. The molecular weight excluding hydrogens is 192 g/mol. The van der Waals surface area contributed by atoms with E-state index in [1.54, 1.807) is 0 Å². The largest absolute Gasteiger partial charge is 0.0874 e. The van der Waals surface area contributed by atoms with Gasteiger partial charge in [-0.1, -0.05) is 61.6 Å². The van der Waals surface area contributed by atoms with Crippen molar-refractivity contribution in [2.24, 2.45) is 0 Å². The van der Waals surface area contributed by atoms with E-state index in [-0.39, 0.29) is 0 Å². The Morgan fingerprint density at radius 2 is 1.81 bits per heavy atom. The van der Waals surface area contributed by atoms with Crippen LogP contribution in [0.4, 0.5) is 0 Å². The highest BCUT2D eigenvalue weighted by atomic mass is 14.0. The zero-order valence-corrected chi connectivity index (χ0v) is 10.4.